The lowest BCUT2D eigenvalue weighted by Gasteiger charge is -2.45. The van der Waals surface area contributed by atoms with Crippen LogP contribution in [0.15, 0.2) is 11.6 Å². The van der Waals surface area contributed by atoms with Crippen LogP contribution in [0.2, 0.25) is 0 Å². The fraction of sp³-hybridized carbons (Fsp3) is 0.864. The average molecular weight is 407 g/mol. The number of carbonyl (C=O) groups excluding carboxylic acids is 1. The van der Waals surface area contributed by atoms with Crippen molar-refractivity contribution in [2.24, 2.45) is 17.6 Å². The summed E-state index contributed by atoms with van der Waals surface area (Å²) in [5.41, 5.74) is 7.48. The highest BCUT2D eigenvalue weighted by atomic mass is 17.3. The Morgan fingerprint density at radius 3 is 2.86 bits per heavy atom. The maximum Gasteiger partial charge on any atom is 0.410 e. The van der Waals surface area contributed by atoms with Crippen molar-refractivity contribution in [3.05, 3.63) is 11.6 Å². The fourth-order valence-corrected chi connectivity index (χ4v) is 5.94. The van der Waals surface area contributed by atoms with Crippen LogP contribution >= 0.6 is 0 Å². The van der Waals surface area contributed by atoms with Crippen molar-refractivity contribution in [3.63, 3.8) is 0 Å². The summed E-state index contributed by atoms with van der Waals surface area (Å²) >= 11 is 0. The number of fused-ring (bicyclic) bond motifs is 3. The van der Waals surface area contributed by atoms with Gasteiger partial charge in [-0.3, -0.25) is 0 Å². The van der Waals surface area contributed by atoms with Gasteiger partial charge in [0.15, 0.2) is 0 Å². The zero-order valence-electron chi connectivity index (χ0n) is 17.4. The number of ether oxygens (including phenoxy) is 2. The van der Waals surface area contributed by atoms with Gasteiger partial charge in [-0.15, -0.1) is 0 Å². The van der Waals surface area contributed by atoms with E-state index in [1.165, 1.54) is 18.4 Å². The van der Waals surface area contributed by atoms with Crippen LogP contribution in [0.1, 0.15) is 71.1 Å². The van der Waals surface area contributed by atoms with Crippen LogP contribution in [-0.2, 0) is 19.2 Å². The molecule has 2 N–H and O–H groups in total. The van der Waals surface area contributed by atoms with Crippen molar-refractivity contribution in [1.82, 2.24) is 4.90 Å². The number of hydrogen-bond donors (Lipinski definition) is 1. The normalized spacial score (nSPS) is 42.9. The van der Waals surface area contributed by atoms with Gasteiger partial charge in [-0.25, -0.2) is 4.79 Å². The van der Waals surface area contributed by atoms with Crippen molar-refractivity contribution in [3.8, 4) is 0 Å². The molecule has 162 valence electrons. The molecule has 3 unspecified atom stereocenters. The van der Waals surface area contributed by atoms with Gasteiger partial charge < -0.3 is 20.1 Å². The van der Waals surface area contributed by atoms with E-state index in [4.69, 9.17) is 25.0 Å². The number of likely N-dealkylation sites (tertiary alicyclic amines) is 1. The van der Waals surface area contributed by atoms with Gasteiger partial charge in [0.2, 0.25) is 11.6 Å². The smallest absolute Gasteiger partial charge is 0.410 e. The number of hydrogen-bond acceptors (Lipinski definition) is 6. The third kappa shape index (κ3) is 3.60. The predicted octanol–water partition coefficient (Wildman–Crippen LogP) is 3.63. The predicted molar refractivity (Wildman–Crippen MR) is 105 cm³/mol. The maximum absolute atomic E-state index is 12.6. The van der Waals surface area contributed by atoms with Crippen LogP contribution in [0.25, 0.3) is 0 Å². The van der Waals surface area contributed by atoms with E-state index in [9.17, 15) is 4.79 Å². The fourth-order valence-electron chi connectivity index (χ4n) is 5.94. The van der Waals surface area contributed by atoms with E-state index in [1.807, 2.05) is 0 Å². The summed E-state index contributed by atoms with van der Waals surface area (Å²) in [6.45, 7) is 3.51. The SMILES string of the molecule is CC1C=C2CCCC(C2)C12OO[C@@]1(CCC[C@@H](OC(=O)N3CCC(N)CC3)C1)O2. The number of nitrogens with zero attached hydrogens (tertiary/aromatic N) is 1. The molecule has 0 aromatic carbocycles. The van der Waals surface area contributed by atoms with E-state index >= 15 is 0 Å². The van der Waals surface area contributed by atoms with E-state index in [1.54, 1.807) is 4.90 Å². The second kappa shape index (κ2) is 7.52. The highest BCUT2D eigenvalue weighted by Gasteiger charge is 2.61. The van der Waals surface area contributed by atoms with Gasteiger partial charge in [-0.1, -0.05) is 18.6 Å². The molecule has 2 saturated carbocycles. The van der Waals surface area contributed by atoms with Gasteiger partial charge in [-0.2, -0.15) is 9.78 Å². The van der Waals surface area contributed by atoms with E-state index in [2.05, 4.69) is 13.0 Å². The summed E-state index contributed by atoms with van der Waals surface area (Å²) in [6.07, 6.45) is 11.1. The van der Waals surface area contributed by atoms with Gasteiger partial charge in [0.25, 0.3) is 0 Å². The summed E-state index contributed by atoms with van der Waals surface area (Å²) in [5.74, 6) is -0.994. The summed E-state index contributed by atoms with van der Waals surface area (Å²) in [4.78, 5) is 26.3. The van der Waals surface area contributed by atoms with Gasteiger partial charge in [0.05, 0.1) is 0 Å². The highest BCUT2D eigenvalue weighted by molar-refractivity contribution is 5.68. The first-order valence-corrected chi connectivity index (χ1v) is 11.5. The second-order valence-corrected chi connectivity index (χ2v) is 9.73. The molecule has 5 atom stereocenters. The summed E-state index contributed by atoms with van der Waals surface area (Å²) in [6, 6.07) is 0.192. The molecule has 2 saturated heterocycles. The zero-order chi connectivity index (χ0) is 20.1. The first-order valence-electron chi connectivity index (χ1n) is 11.5. The van der Waals surface area contributed by atoms with Gasteiger partial charge in [-0.05, 0) is 51.4 Å². The van der Waals surface area contributed by atoms with Crippen molar-refractivity contribution in [2.75, 3.05) is 13.1 Å². The lowest BCUT2D eigenvalue weighted by Crippen LogP contribution is -2.51. The molecule has 5 aliphatic rings. The lowest BCUT2D eigenvalue weighted by atomic mass is 9.70. The van der Waals surface area contributed by atoms with Crippen molar-refractivity contribution in [2.45, 2.75) is 94.9 Å². The standard InChI is InChI=1S/C22H34N2O5/c1-15-12-16-4-2-5-17(13-16)22(15)27-21(28-29-22)9-3-6-19(14-21)26-20(25)24-10-7-18(23)8-11-24/h12,15,17-19H,2-11,13-14,23H2,1H3/t15?,17?,19-,21-,22?/m1/s1. The second-order valence-electron chi connectivity index (χ2n) is 9.73. The first-order chi connectivity index (χ1) is 14.0. The Kier molecular flexibility index (Phi) is 5.13. The molecule has 7 nitrogen and oxygen atoms in total. The minimum absolute atomic E-state index is 0.163. The van der Waals surface area contributed by atoms with Crippen LogP contribution in [0.4, 0.5) is 4.79 Å². The Hall–Kier alpha value is -1.15. The molecule has 4 fully saturated rings. The van der Waals surface area contributed by atoms with Crippen molar-refractivity contribution < 1.29 is 24.0 Å². The Labute approximate surface area is 172 Å². The molecule has 0 aromatic rings. The number of amides is 1. The van der Waals surface area contributed by atoms with Crippen molar-refractivity contribution in [1.29, 1.82) is 0 Å². The third-order valence-corrected chi connectivity index (χ3v) is 7.61. The number of piperidine rings is 1. The molecule has 1 amide bonds. The largest absolute Gasteiger partial charge is 0.446 e. The van der Waals surface area contributed by atoms with Crippen LogP contribution in [0.5, 0.6) is 0 Å². The van der Waals surface area contributed by atoms with Crippen LogP contribution in [-0.4, -0.2) is 47.8 Å². The van der Waals surface area contributed by atoms with E-state index in [0.29, 0.717) is 25.4 Å². The van der Waals surface area contributed by atoms with E-state index < -0.39 is 11.6 Å². The molecule has 5 rings (SSSR count). The molecular formula is C22H34N2O5. The number of nitrogens with two attached hydrogens (primary N) is 1. The van der Waals surface area contributed by atoms with E-state index in [0.717, 1.165) is 44.9 Å². The average Bonchev–Trinajstić information content (AvgIpc) is 3.07. The molecule has 2 spiro atoms. The third-order valence-electron chi connectivity index (χ3n) is 7.61. The Morgan fingerprint density at radius 2 is 2.03 bits per heavy atom. The Morgan fingerprint density at radius 1 is 1.21 bits per heavy atom. The Bertz CT molecular complexity index is 676. The summed E-state index contributed by atoms with van der Waals surface area (Å²) in [7, 11) is 0. The molecule has 2 aliphatic heterocycles. The van der Waals surface area contributed by atoms with Gasteiger partial charge >= 0.3 is 6.09 Å². The lowest BCUT2D eigenvalue weighted by molar-refractivity contribution is -0.372. The molecular weight excluding hydrogens is 372 g/mol. The molecule has 2 bridgehead atoms. The molecule has 2 heterocycles. The summed E-state index contributed by atoms with van der Waals surface area (Å²) < 4.78 is 12.5. The van der Waals surface area contributed by atoms with Crippen LogP contribution in [0, 0.1) is 11.8 Å². The van der Waals surface area contributed by atoms with E-state index in [-0.39, 0.29) is 24.2 Å². The van der Waals surface area contributed by atoms with Crippen LogP contribution in [0.3, 0.4) is 0 Å². The number of carbonyl (C=O) groups is 1. The van der Waals surface area contributed by atoms with Gasteiger partial charge in [0, 0.05) is 43.8 Å². The molecule has 0 radical (unpaired) electrons. The zero-order valence-corrected chi connectivity index (χ0v) is 17.4. The minimum Gasteiger partial charge on any atom is -0.446 e. The molecule has 7 heteroatoms. The highest BCUT2D eigenvalue weighted by Crippen LogP contribution is 2.55. The van der Waals surface area contributed by atoms with Gasteiger partial charge in [0.1, 0.15) is 6.10 Å². The maximum atomic E-state index is 12.6. The first kappa shape index (κ1) is 19.8. The topological polar surface area (TPSA) is 83.3 Å². The molecule has 3 aliphatic carbocycles. The minimum atomic E-state index is -0.801. The Balaban J connectivity index is 1.24. The molecule has 0 aromatic heterocycles. The monoisotopic (exact) mass is 406 g/mol. The number of allylic oxidation sites excluding steroid dienone is 1. The van der Waals surface area contributed by atoms with Crippen molar-refractivity contribution >= 4 is 6.09 Å². The molecule has 29 heavy (non-hydrogen) atoms. The quantitative estimate of drug-likeness (QED) is 0.529. The van der Waals surface area contributed by atoms with Crippen LogP contribution < -0.4 is 5.73 Å². The summed E-state index contributed by atoms with van der Waals surface area (Å²) in [5, 5.41) is 0. The number of rotatable bonds is 1.